The first-order valence-corrected chi connectivity index (χ1v) is 7.22. The number of amides is 1. The highest BCUT2D eigenvalue weighted by atomic mass is 79.9. The van der Waals surface area contributed by atoms with Crippen LogP contribution in [0, 0.1) is 0 Å². The smallest absolute Gasteiger partial charge is 0.251 e. The van der Waals surface area contributed by atoms with Gasteiger partial charge >= 0.3 is 0 Å². The molecule has 0 saturated heterocycles. The molecule has 4 heteroatoms. The van der Waals surface area contributed by atoms with Gasteiger partial charge in [-0.2, -0.15) is 0 Å². The van der Waals surface area contributed by atoms with Crippen LogP contribution in [0.3, 0.4) is 0 Å². The first-order valence-electron chi connectivity index (χ1n) is 6.10. The van der Waals surface area contributed by atoms with E-state index in [9.17, 15) is 4.79 Å². The molecule has 0 spiro atoms. The number of carbonyl (C=O) groups excluding carboxylic acids is 1. The van der Waals surface area contributed by atoms with Crippen molar-refractivity contribution in [2.24, 2.45) is 0 Å². The highest BCUT2D eigenvalue weighted by molar-refractivity contribution is 9.09. The lowest BCUT2D eigenvalue weighted by molar-refractivity contribution is 0.0912. The molecule has 0 aromatic heterocycles. The maximum atomic E-state index is 12.0. The van der Waals surface area contributed by atoms with Gasteiger partial charge in [-0.1, -0.05) is 15.9 Å². The molecule has 0 aliphatic carbocycles. The average molecular weight is 314 g/mol. The van der Waals surface area contributed by atoms with E-state index in [1.54, 1.807) is 12.1 Å². The van der Waals surface area contributed by atoms with Crippen LogP contribution < -0.4 is 10.1 Å². The van der Waals surface area contributed by atoms with Crippen molar-refractivity contribution >= 4 is 21.8 Å². The molecule has 0 atom stereocenters. The predicted octanol–water partition coefficient (Wildman–Crippen LogP) is 3.38. The summed E-state index contributed by atoms with van der Waals surface area (Å²) >= 11 is 3.39. The van der Waals surface area contributed by atoms with Crippen molar-refractivity contribution in [1.29, 1.82) is 0 Å². The van der Waals surface area contributed by atoms with Gasteiger partial charge < -0.3 is 10.1 Å². The normalized spacial score (nSPS) is 11.1. The number of nitrogens with one attached hydrogen (secondary N) is 1. The summed E-state index contributed by atoms with van der Waals surface area (Å²) in [7, 11) is 0. The zero-order valence-corrected chi connectivity index (χ0v) is 12.7. The van der Waals surface area contributed by atoms with Gasteiger partial charge in [0.05, 0.1) is 6.61 Å². The van der Waals surface area contributed by atoms with Crippen LogP contribution >= 0.6 is 15.9 Å². The zero-order valence-electron chi connectivity index (χ0n) is 11.1. The fourth-order valence-electron chi connectivity index (χ4n) is 1.55. The molecule has 0 unspecified atom stereocenters. The first kappa shape index (κ1) is 15.0. The molecule has 0 bridgehead atoms. The largest absolute Gasteiger partial charge is 0.494 e. The van der Waals surface area contributed by atoms with Crippen LogP contribution in [0.4, 0.5) is 0 Å². The second-order valence-electron chi connectivity index (χ2n) is 4.73. The molecule has 1 N–H and O–H groups in total. The van der Waals surface area contributed by atoms with Crippen molar-refractivity contribution in [1.82, 2.24) is 5.32 Å². The van der Waals surface area contributed by atoms with Gasteiger partial charge in [0, 0.05) is 16.4 Å². The molecular weight excluding hydrogens is 294 g/mol. The molecule has 0 fully saturated rings. The third-order valence-corrected chi connectivity index (χ3v) is 3.00. The molecular formula is C14H20BrNO2. The van der Waals surface area contributed by atoms with E-state index < -0.39 is 0 Å². The van der Waals surface area contributed by atoms with E-state index in [0.29, 0.717) is 12.2 Å². The van der Waals surface area contributed by atoms with Gasteiger partial charge in [0.15, 0.2) is 0 Å². The molecule has 0 aliphatic rings. The van der Waals surface area contributed by atoms with E-state index in [2.05, 4.69) is 21.2 Å². The van der Waals surface area contributed by atoms with Gasteiger partial charge in [-0.05, 0) is 51.5 Å². The Kier molecular flexibility index (Phi) is 5.66. The highest BCUT2D eigenvalue weighted by Gasteiger charge is 2.20. The fourth-order valence-corrected chi connectivity index (χ4v) is 2.54. The van der Waals surface area contributed by atoms with E-state index in [1.807, 2.05) is 32.9 Å². The Balaban J connectivity index is 2.67. The number of halogens is 1. The molecule has 1 aromatic rings. The van der Waals surface area contributed by atoms with Crippen LogP contribution in [-0.2, 0) is 0 Å². The van der Waals surface area contributed by atoms with Crippen LogP contribution in [0.1, 0.15) is 37.6 Å². The molecule has 1 amide bonds. The van der Waals surface area contributed by atoms with Gasteiger partial charge in [0.25, 0.3) is 5.91 Å². The monoisotopic (exact) mass is 313 g/mol. The fraction of sp³-hybridized carbons (Fsp3) is 0.500. The van der Waals surface area contributed by atoms with E-state index in [-0.39, 0.29) is 11.4 Å². The second kappa shape index (κ2) is 6.78. The number of carbonyl (C=O) groups is 1. The molecule has 100 valence electrons. The predicted molar refractivity (Wildman–Crippen MR) is 77.6 cm³/mol. The third kappa shape index (κ3) is 4.69. The van der Waals surface area contributed by atoms with Crippen LogP contribution in [-0.4, -0.2) is 23.4 Å². The van der Waals surface area contributed by atoms with Crippen LogP contribution in [0.5, 0.6) is 5.75 Å². The van der Waals surface area contributed by atoms with Crippen LogP contribution in [0.25, 0.3) is 0 Å². The minimum Gasteiger partial charge on any atom is -0.494 e. The minimum atomic E-state index is -0.209. The SMILES string of the molecule is CCOc1ccc(C(=O)NC(C)(C)CCBr)cc1. The van der Waals surface area contributed by atoms with E-state index in [4.69, 9.17) is 4.74 Å². The van der Waals surface area contributed by atoms with Crippen LogP contribution in [0.15, 0.2) is 24.3 Å². The van der Waals surface area contributed by atoms with Crippen molar-refractivity contribution in [3.05, 3.63) is 29.8 Å². The lowest BCUT2D eigenvalue weighted by Crippen LogP contribution is -2.43. The Bertz CT molecular complexity index is 387. The molecule has 0 saturated carbocycles. The van der Waals surface area contributed by atoms with Gasteiger partial charge in [-0.15, -0.1) is 0 Å². The molecule has 1 aromatic carbocycles. The molecule has 18 heavy (non-hydrogen) atoms. The topological polar surface area (TPSA) is 38.3 Å². The lowest BCUT2D eigenvalue weighted by atomic mass is 10.0. The first-order chi connectivity index (χ1) is 8.48. The zero-order chi connectivity index (χ0) is 13.6. The summed E-state index contributed by atoms with van der Waals surface area (Å²) in [5, 5.41) is 3.88. The van der Waals surface area contributed by atoms with Crippen LogP contribution in [0.2, 0.25) is 0 Å². The van der Waals surface area contributed by atoms with E-state index in [1.165, 1.54) is 0 Å². The summed E-state index contributed by atoms with van der Waals surface area (Å²) in [6, 6.07) is 7.20. The Morgan fingerprint density at radius 2 is 1.94 bits per heavy atom. The van der Waals surface area contributed by atoms with E-state index in [0.717, 1.165) is 17.5 Å². The number of hydrogen-bond donors (Lipinski definition) is 1. The highest BCUT2D eigenvalue weighted by Crippen LogP contribution is 2.15. The average Bonchev–Trinajstić information content (AvgIpc) is 2.29. The standard InChI is InChI=1S/C14H20BrNO2/c1-4-18-12-7-5-11(6-8-12)13(17)16-14(2,3)9-10-15/h5-8H,4,9-10H2,1-3H3,(H,16,17). The Morgan fingerprint density at radius 1 is 1.33 bits per heavy atom. The lowest BCUT2D eigenvalue weighted by Gasteiger charge is -2.25. The summed E-state index contributed by atoms with van der Waals surface area (Å²) in [4.78, 5) is 12.0. The Morgan fingerprint density at radius 3 is 2.44 bits per heavy atom. The molecule has 3 nitrogen and oxygen atoms in total. The summed E-state index contributed by atoms with van der Waals surface area (Å²) in [6.07, 6.45) is 0.885. The number of ether oxygens (including phenoxy) is 1. The maximum absolute atomic E-state index is 12.0. The van der Waals surface area contributed by atoms with Crippen molar-refractivity contribution in [3.8, 4) is 5.75 Å². The Labute approximate surface area is 117 Å². The van der Waals surface area contributed by atoms with Crippen molar-refractivity contribution < 1.29 is 9.53 Å². The summed E-state index contributed by atoms with van der Waals surface area (Å²) in [5.74, 6) is 0.734. The summed E-state index contributed by atoms with van der Waals surface area (Å²) < 4.78 is 5.34. The molecule has 0 radical (unpaired) electrons. The number of benzene rings is 1. The third-order valence-electron chi connectivity index (χ3n) is 2.60. The number of alkyl halides is 1. The van der Waals surface area contributed by atoms with Crippen molar-refractivity contribution in [2.45, 2.75) is 32.7 Å². The van der Waals surface area contributed by atoms with E-state index >= 15 is 0 Å². The number of rotatable bonds is 6. The van der Waals surface area contributed by atoms with Crippen molar-refractivity contribution in [3.63, 3.8) is 0 Å². The summed E-state index contributed by atoms with van der Waals surface area (Å²) in [6.45, 7) is 6.59. The van der Waals surface area contributed by atoms with Crippen molar-refractivity contribution in [2.75, 3.05) is 11.9 Å². The van der Waals surface area contributed by atoms with Gasteiger partial charge in [0.1, 0.15) is 5.75 Å². The maximum Gasteiger partial charge on any atom is 0.251 e. The quantitative estimate of drug-likeness (QED) is 0.818. The van der Waals surface area contributed by atoms with Gasteiger partial charge in [-0.3, -0.25) is 4.79 Å². The number of hydrogen-bond acceptors (Lipinski definition) is 2. The molecule has 1 rings (SSSR count). The Hall–Kier alpha value is -1.03. The summed E-state index contributed by atoms with van der Waals surface area (Å²) in [5.41, 5.74) is 0.445. The van der Waals surface area contributed by atoms with Gasteiger partial charge in [-0.25, -0.2) is 0 Å². The second-order valence-corrected chi connectivity index (χ2v) is 5.53. The van der Waals surface area contributed by atoms with Gasteiger partial charge in [0.2, 0.25) is 0 Å². The molecule has 0 heterocycles. The molecule has 0 aliphatic heterocycles. The minimum absolute atomic E-state index is 0.0519.